The molecule has 10 nitrogen and oxygen atoms in total. The van der Waals surface area contributed by atoms with Gasteiger partial charge in [0.05, 0.1) is 27.2 Å². The number of aliphatic carboxylic acids is 2. The van der Waals surface area contributed by atoms with Crippen LogP contribution in [0.4, 0.5) is 0 Å². The molecular weight excluding hydrogens is 516 g/mol. The van der Waals surface area contributed by atoms with Crippen LogP contribution in [0.2, 0.25) is 0 Å². The number of amides is 1. The van der Waals surface area contributed by atoms with E-state index < -0.39 is 11.9 Å². The van der Waals surface area contributed by atoms with Gasteiger partial charge in [-0.1, -0.05) is 60.7 Å². The lowest BCUT2D eigenvalue weighted by Gasteiger charge is -2.36. The first kappa shape index (κ1) is 30.0. The normalized spacial score (nSPS) is 13.2. The van der Waals surface area contributed by atoms with Crippen molar-refractivity contribution in [2.24, 2.45) is 0 Å². The van der Waals surface area contributed by atoms with Crippen molar-refractivity contribution in [1.29, 1.82) is 0 Å². The van der Waals surface area contributed by atoms with Crippen molar-refractivity contribution < 1.29 is 38.8 Å². The largest absolute Gasteiger partial charge is 0.493 e. The Morgan fingerprint density at radius 2 is 1.18 bits per heavy atom. The summed E-state index contributed by atoms with van der Waals surface area (Å²) >= 11 is 0. The molecule has 1 saturated heterocycles. The van der Waals surface area contributed by atoms with Gasteiger partial charge in [0.1, 0.15) is 0 Å². The predicted octanol–water partition coefficient (Wildman–Crippen LogP) is 3.34. The van der Waals surface area contributed by atoms with Gasteiger partial charge in [-0.3, -0.25) is 9.69 Å². The van der Waals surface area contributed by atoms with Crippen LogP contribution in [0.15, 0.2) is 72.8 Å². The average molecular weight is 551 g/mol. The van der Waals surface area contributed by atoms with E-state index in [9.17, 15) is 4.79 Å². The lowest BCUT2D eigenvalue weighted by molar-refractivity contribution is -0.159. The molecule has 10 heteroatoms. The summed E-state index contributed by atoms with van der Waals surface area (Å²) in [5, 5.41) is 14.8. The van der Waals surface area contributed by atoms with Gasteiger partial charge in [0.2, 0.25) is 11.7 Å². The van der Waals surface area contributed by atoms with Crippen LogP contribution >= 0.6 is 0 Å². The molecule has 0 bridgehead atoms. The second kappa shape index (κ2) is 14.5. The van der Waals surface area contributed by atoms with Crippen molar-refractivity contribution in [3.8, 4) is 17.2 Å². The van der Waals surface area contributed by atoms with Crippen LogP contribution in [0.5, 0.6) is 17.2 Å². The average Bonchev–Trinajstić information content (AvgIpc) is 2.98. The molecule has 0 spiro atoms. The van der Waals surface area contributed by atoms with E-state index in [1.54, 1.807) is 21.3 Å². The third kappa shape index (κ3) is 7.73. The number of hydrogen-bond acceptors (Lipinski definition) is 7. The molecule has 2 N–H and O–H groups in total. The van der Waals surface area contributed by atoms with Gasteiger partial charge in [0.15, 0.2) is 11.5 Å². The van der Waals surface area contributed by atoms with E-state index in [1.807, 2.05) is 77.7 Å². The van der Waals surface area contributed by atoms with Crippen LogP contribution in [0.1, 0.15) is 22.6 Å². The predicted molar refractivity (Wildman–Crippen MR) is 148 cm³/mol. The Morgan fingerprint density at radius 1 is 0.725 bits per heavy atom. The zero-order chi connectivity index (χ0) is 29.1. The molecule has 0 saturated carbocycles. The lowest BCUT2D eigenvalue weighted by atomic mass is 9.90. The molecular formula is C30H34N2O8. The van der Waals surface area contributed by atoms with Crippen molar-refractivity contribution in [2.75, 3.05) is 47.5 Å². The van der Waals surface area contributed by atoms with E-state index in [-0.39, 0.29) is 11.8 Å². The first-order chi connectivity index (χ1) is 19.3. The fourth-order valence-electron chi connectivity index (χ4n) is 4.56. The van der Waals surface area contributed by atoms with Gasteiger partial charge >= 0.3 is 11.9 Å². The first-order valence-electron chi connectivity index (χ1n) is 12.6. The highest BCUT2D eigenvalue weighted by atomic mass is 16.5. The van der Waals surface area contributed by atoms with Crippen LogP contribution in [0, 0.1) is 0 Å². The molecule has 1 heterocycles. The summed E-state index contributed by atoms with van der Waals surface area (Å²) in [6.45, 7) is 3.75. The van der Waals surface area contributed by atoms with E-state index in [4.69, 9.17) is 34.0 Å². The molecule has 1 aliphatic rings. The number of benzene rings is 3. The van der Waals surface area contributed by atoms with Gasteiger partial charge in [0.25, 0.3) is 0 Å². The van der Waals surface area contributed by atoms with Crippen LogP contribution in [-0.2, 0) is 20.9 Å². The molecule has 1 fully saturated rings. The van der Waals surface area contributed by atoms with Crippen LogP contribution < -0.4 is 14.2 Å². The summed E-state index contributed by atoms with van der Waals surface area (Å²) in [6, 6.07) is 24.1. The number of carboxylic acid groups (broad SMARTS) is 2. The maximum absolute atomic E-state index is 13.7. The molecule has 0 unspecified atom stereocenters. The quantitative estimate of drug-likeness (QED) is 0.406. The minimum absolute atomic E-state index is 0.157. The van der Waals surface area contributed by atoms with Crippen molar-refractivity contribution >= 4 is 17.8 Å². The number of hydrogen-bond donors (Lipinski definition) is 2. The van der Waals surface area contributed by atoms with E-state index in [1.165, 1.54) is 0 Å². The Kier molecular flexibility index (Phi) is 10.9. The van der Waals surface area contributed by atoms with Gasteiger partial charge in [-0.25, -0.2) is 9.59 Å². The molecule has 1 aliphatic heterocycles. The van der Waals surface area contributed by atoms with Crippen LogP contribution in [0.25, 0.3) is 0 Å². The molecule has 3 aromatic rings. The Labute approximate surface area is 233 Å². The summed E-state index contributed by atoms with van der Waals surface area (Å²) in [5.74, 6) is -1.88. The highest BCUT2D eigenvalue weighted by molar-refractivity contribution is 6.27. The summed E-state index contributed by atoms with van der Waals surface area (Å²) in [6.07, 6.45) is 0. The second-order valence-corrected chi connectivity index (χ2v) is 9.00. The molecule has 212 valence electrons. The summed E-state index contributed by atoms with van der Waals surface area (Å²) < 4.78 is 16.4. The SMILES string of the molecule is COc1cc(CN2CCN(C(=O)C(c3ccccc3)c3ccccc3)CC2)cc(OC)c1OC.O=C(O)C(=O)O. The first-order valence-corrected chi connectivity index (χ1v) is 12.6. The number of methoxy groups -OCH3 is 3. The number of nitrogens with zero attached hydrogens (tertiary/aromatic N) is 2. The minimum Gasteiger partial charge on any atom is -0.493 e. The number of carbonyl (C=O) groups excluding carboxylic acids is 1. The Hall–Kier alpha value is -4.57. The molecule has 0 radical (unpaired) electrons. The van der Waals surface area contributed by atoms with Crippen molar-refractivity contribution in [3.05, 3.63) is 89.5 Å². The topological polar surface area (TPSA) is 126 Å². The third-order valence-electron chi connectivity index (χ3n) is 6.51. The third-order valence-corrected chi connectivity index (χ3v) is 6.51. The highest BCUT2D eigenvalue weighted by Gasteiger charge is 2.30. The summed E-state index contributed by atoms with van der Waals surface area (Å²) in [5.41, 5.74) is 3.14. The Balaban J connectivity index is 0.000000663. The van der Waals surface area contributed by atoms with Gasteiger partial charge in [-0.05, 0) is 28.8 Å². The van der Waals surface area contributed by atoms with Gasteiger partial charge in [0, 0.05) is 32.7 Å². The smallest absolute Gasteiger partial charge is 0.414 e. The molecule has 0 atom stereocenters. The fourth-order valence-corrected chi connectivity index (χ4v) is 4.56. The summed E-state index contributed by atoms with van der Waals surface area (Å²) in [7, 11) is 4.86. The summed E-state index contributed by atoms with van der Waals surface area (Å²) in [4.78, 5) is 36.2. The lowest BCUT2D eigenvalue weighted by Crippen LogP contribution is -2.49. The van der Waals surface area contributed by atoms with E-state index in [0.29, 0.717) is 30.3 Å². The number of carbonyl (C=O) groups is 3. The molecule has 4 rings (SSSR count). The van der Waals surface area contributed by atoms with Crippen molar-refractivity contribution in [2.45, 2.75) is 12.5 Å². The van der Waals surface area contributed by atoms with Gasteiger partial charge < -0.3 is 29.3 Å². The zero-order valence-electron chi connectivity index (χ0n) is 22.8. The Bertz CT molecular complexity index is 1200. The number of piperazine rings is 1. The monoisotopic (exact) mass is 550 g/mol. The van der Waals surface area contributed by atoms with E-state index in [2.05, 4.69) is 4.90 Å². The van der Waals surface area contributed by atoms with Gasteiger partial charge in [-0.2, -0.15) is 0 Å². The molecule has 40 heavy (non-hydrogen) atoms. The highest BCUT2D eigenvalue weighted by Crippen LogP contribution is 2.38. The zero-order valence-corrected chi connectivity index (χ0v) is 22.8. The molecule has 1 amide bonds. The Morgan fingerprint density at radius 3 is 1.55 bits per heavy atom. The number of rotatable bonds is 8. The van der Waals surface area contributed by atoms with Gasteiger partial charge in [-0.15, -0.1) is 0 Å². The number of ether oxygens (including phenoxy) is 3. The van der Waals surface area contributed by atoms with Crippen molar-refractivity contribution in [1.82, 2.24) is 9.80 Å². The molecule has 0 aliphatic carbocycles. The van der Waals surface area contributed by atoms with E-state index >= 15 is 0 Å². The van der Waals surface area contributed by atoms with Crippen LogP contribution in [0.3, 0.4) is 0 Å². The van der Waals surface area contributed by atoms with E-state index in [0.717, 1.165) is 36.3 Å². The maximum Gasteiger partial charge on any atom is 0.414 e. The van der Waals surface area contributed by atoms with Crippen molar-refractivity contribution in [3.63, 3.8) is 0 Å². The molecule has 3 aromatic carbocycles. The molecule has 0 aromatic heterocycles. The maximum atomic E-state index is 13.7. The second-order valence-electron chi connectivity index (χ2n) is 9.00. The fraction of sp³-hybridized carbons (Fsp3) is 0.300. The number of carboxylic acids is 2. The van der Waals surface area contributed by atoms with Crippen LogP contribution in [-0.4, -0.2) is 85.4 Å². The minimum atomic E-state index is -1.82. The standard InChI is InChI=1S/C28H32N2O4.C2H2O4/c1-32-24-18-21(19-25(33-2)27(24)34-3)20-29-14-16-30(17-15-29)28(31)26(22-10-6-4-7-11-22)23-12-8-5-9-13-23;3-1(4)2(5)6/h4-13,18-19,26H,14-17,20H2,1-3H3;(H,3,4)(H,5,6).